The lowest BCUT2D eigenvalue weighted by atomic mass is 9.97. The van der Waals surface area contributed by atoms with Gasteiger partial charge in [0, 0.05) is 12.6 Å². The summed E-state index contributed by atoms with van der Waals surface area (Å²) in [4.78, 5) is 13.2. The molecule has 0 spiro atoms. The summed E-state index contributed by atoms with van der Waals surface area (Å²) in [7, 11) is 0. The number of hydrogen-bond donors (Lipinski definition) is 1. The number of nitrogens with zero attached hydrogens (tertiary/aromatic N) is 1. The van der Waals surface area contributed by atoms with Gasteiger partial charge in [-0.1, -0.05) is 19.8 Å². The zero-order chi connectivity index (χ0) is 11.4. The largest absolute Gasteiger partial charge is 0.448 e. The van der Waals surface area contributed by atoms with Gasteiger partial charge >= 0.3 is 6.09 Å². The van der Waals surface area contributed by atoms with E-state index in [9.17, 15) is 4.79 Å². The number of carbonyl (C=O) groups is 1. The Balaban J connectivity index is 1.88. The fourth-order valence-electron chi connectivity index (χ4n) is 2.83. The molecule has 4 nitrogen and oxygen atoms in total. The molecule has 1 amide bonds. The molecule has 2 rings (SSSR count). The molecule has 2 fully saturated rings. The Bertz CT molecular complexity index is 239. The minimum atomic E-state index is -0.138. The molecule has 92 valence electrons. The quantitative estimate of drug-likeness (QED) is 0.774. The summed E-state index contributed by atoms with van der Waals surface area (Å²) in [6.07, 6.45) is 5.16. The van der Waals surface area contributed by atoms with Gasteiger partial charge in [0.2, 0.25) is 0 Å². The normalized spacial score (nSPS) is 23.8. The number of rotatable bonds is 5. The van der Waals surface area contributed by atoms with Crippen molar-refractivity contribution >= 4 is 6.09 Å². The van der Waals surface area contributed by atoms with Crippen LogP contribution in [0.1, 0.15) is 32.6 Å². The molecule has 0 radical (unpaired) electrons. The van der Waals surface area contributed by atoms with E-state index in [0.717, 1.165) is 25.6 Å². The third-order valence-corrected chi connectivity index (χ3v) is 3.70. The third-order valence-electron chi connectivity index (χ3n) is 3.70. The standard InChI is InChI=1S/C12H22N2O2/c1-2-13-11(10-5-3-4-6-10)9-14-7-8-16-12(14)15/h10-11,13H,2-9H2,1H3. The zero-order valence-electron chi connectivity index (χ0n) is 10.1. The van der Waals surface area contributed by atoms with E-state index >= 15 is 0 Å². The van der Waals surface area contributed by atoms with Crippen LogP contribution in [0.15, 0.2) is 0 Å². The molecule has 4 heteroatoms. The van der Waals surface area contributed by atoms with E-state index in [1.807, 2.05) is 4.90 Å². The van der Waals surface area contributed by atoms with Gasteiger partial charge in [-0.25, -0.2) is 4.79 Å². The molecular weight excluding hydrogens is 204 g/mol. The molecule has 0 bridgehead atoms. The molecule has 1 aliphatic carbocycles. The molecule has 1 saturated heterocycles. The highest BCUT2D eigenvalue weighted by molar-refractivity contribution is 5.69. The number of cyclic esters (lactones) is 1. The third kappa shape index (κ3) is 2.67. The number of amides is 1. The van der Waals surface area contributed by atoms with E-state index in [4.69, 9.17) is 4.74 Å². The molecule has 1 N–H and O–H groups in total. The van der Waals surface area contributed by atoms with Gasteiger partial charge in [-0.15, -0.1) is 0 Å². The maximum atomic E-state index is 11.4. The van der Waals surface area contributed by atoms with Crippen LogP contribution in [0, 0.1) is 5.92 Å². The van der Waals surface area contributed by atoms with Crippen LogP contribution in [-0.4, -0.2) is 43.3 Å². The second kappa shape index (κ2) is 5.53. The molecule has 1 aliphatic heterocycles. The van der Waals surface area contributed by atoms with Crippen molar-refractivity contribution in [2.75, 3.05) is 26.2 Å². The van der Waals surface area contributed by atoms with E-state index in [2.05, 4.69) is 12.2 Å². The predicted molar refractivity (Wildman–Crippen MR) is 62.3 cm³/mol. The van der Waals surface area contributed by atoms with Crippen LogP contribution in [0.2, 0.25) is 0 Å². The van der Waals surface area contributed by atoms with Crippen molar-refractivity contribution < 1.29 is 9.53 Å². The van der Waals surface area contributed by atoms with Crippen molar-refractivity contribution in [2.24, 2.45) is 5.92 Å². The second-order valence-corrected chi connectivity index (χ2v) is 4.77. The van der Waals surface area contributed by atoms with Gasteiger partial charge in [-0.05, 0) is 25.3 Å². The highest BCUT2D eigenvalue weighted by atomic mass is 16.6. The van der Waals surface area contributed by atoms with E-state index in [1.54, 1.807) is 0 Å². The van der Waals surface area contributed by atoms with E-state index in [0.29, 0.717) is 12.6 Å². The summed E-state index contributed by atoms with van der Waals surface area (Å²) < 4.78 is 4.97. The van der Waals surface area contributed by atoms with Gasteiger partial charge in [-0.3, -0.25) is 0 Å². The molecule has 1 saturated carbocycles. The van der Waals surface area contributed by atoms with Gasteiger partial charge in [-0.2, -0.15) is 0 Å². The number of nitrogens with one attached hydrogen (secondary N) is 1. The summed E-state index contributed by atoms with van der Waals surface area (Å²) >= 11 is 0. The second-order valence-electron chi connectivity index (χ2n) is 4.77. The average molecular weight is 226 g/mol. The van der Waals surface area contributed by atoms with Crippen molar-refractivity contribution in [3.05, 3.63) is 0 Å². The molecular formula is C12H22N2O2. The Morgan fingerprint density at radius 1 is 1.50 bits per heavy atom. The Kier molecular flexibility index (Phi) is 4.04. The molecule has 1 heterocycles. The smallest absolute Gasteiger partial charge is 0.409 e. The Labute approximate surface area is 97.3 Å². The van der Waals surface area contributed by atoms with Gasteiger partial charge in [0.1, 0.15) is 6.61 Å². The van der Waals surface area contributed by atoms with Crippen LogP contribution >= 0.6 is 0 Å². The summed E-state index contributed by atoms with van der Waals surface area (Å²) in [5.74, 6) is 0.744. The lowest BCUT2D eigenvalue weighted by Crippen LogP contribution is -2.45. The Hall–Kier alpha value is -0.770. The minimum absolute atomic E-state index is 0.138. The first-order chi connectivity index (χ1) is 7.81. The predicted octanol–water partition coefficient (Wildman–Crippen LogP) is 1.61. The molecule has 2 aliphatic rings. The summed E-state index contributed by atoms with van der Waals surface area (Å²) in [5, 5.41) is 3.52. The van der Waals surface area contributed by atoms with Gasteiger partial charge in [0.15, 0.2) is 0 Å². The van der Waals surface area contributed by atoms with Crippen LogP contribution < -0.4 is 5.32 Å². The summed E-state index contributed by atoms with van der Waals surface area (Å²) in [6, 6.07) is 0.457. The SMILES string of the molecule is CCNC(CN1CCOC1=O)C1CCCC1. The molecule has 1 unspecified atom stereocenters. The number of hydrogen-bond acceptors (Lipinski definition) is 3. The average Bonchev–Trinajstić information content (AvgIpc) is 2.90. The molecule has 16 heavy (non-hydrogen) atoms. The van der Waals surface area contributed by atoms with Crippen LogP contribution in [0.5, 0.6) is 0 Å². The number of carbonyl (C=O) groups excluding carboxylic acids is 1. The molecule has 0 aromatic heterocycles. The van der Waals surface area contributed by atoms with Gasteiger partial charge in [0.25, 0.3) is 0 Å². The van der Waals surface area contributed by atoms with E-state index in [1.165, 1.54) is 25.7 Å². The van der Waals surface area contributed by atoms with Crippen LogP contribution in [0.4, 0.5) is 4.79 Å². The minimum Gasteiger partial charge on any atom is -0.448 e. The summed E-state index contributed by atoms with van der Waals surface area (Å²) in [5.41, 5.74) is 0. The maximum absolute atomic E-state index is 11.4. The molecule has 1 atom stereocenters. The summed E-state index contributed by atoms with van der Waals surface area (Å²) in [6.45, 7) is 5.24. The van der Waals surface area contributed by atoms with Gasteiger partial charge in [0.05, 0.1) is 6.54 Å². The van der Waals surface area contributed by atoms with Crippen LogP contribution in [-0.2, 0) is 4.74 Å². The van der Waals surface area contributed by atoms with Crippen molar-refractivity contribution in [2.45, 2.75) is 38.6 Å². The van der Waals surface area contributed by atoms with Crippen molar-refractivity contribution in [1.29, 1.82) is 0 Å². The van der Waals surface area contributed by atoms with Crippen molar-refractivity contribution in [3.8, 4) is 0 Å². The maximum Gasteiger partial charge on any atom is 0.409 e. The van der Waals surface area contributed by atoms with E-state index in [-0.39, 0.29) is 6.09 Å². The van der Waals surface area contributed by atoms with Crippen molar-refractivity contribution in [3.63, 3.8) is 0 Å². The zero-order valence-corrected chi connectivity index (χ0v) is 10.1. The van der Waals surface area contributed by atoms with Crippen molar-refractivity contribution in [1.82, 2.24) is 10.2 Å². The highest BCUT2D eigenvalue weighted by Crippen LogP contribution is 2.28. The number of ether oxygens (including phenoxy) is 1. The lowest BCUT2D eigenvalue weighted by molar-refractivity contribution is 0.152. The monoisotopic (exact) mass is 226 g/mol. The van der Waals surface area contributed by atoms with Crippen LogP contribution in [0.25, 0.3) is 0 Å². The molecule has 0 aromatic rings. The first kappa shape index (κ1) is 11.7. The first-order valence-corrected chi connectivity index (χ1v) is 6.46. The Morgan fingerprint density at radius 2 is 2.25 bits per heavy atom. The van der Waals surface area contributed by atoms with Gasteiger partial charge < -0.3 is 15.0 Å². The van der Waals surface area contributed by atoms with Crippen LogP contribution in [0.3, 0.4) is 0 Å². The fourth-order valence-corrected chi connectivity index (χ4v) is 2.83. The fraction of sp³-hybridized carbons (Fsp3) is 0.917. The number of likely N-dealkylation sites (N-methyl/N-ethyl adjacent to an activating group) is 1. The Morgan fingerprint density at radius 3 is 2.81 bits per heavy atom. The highest BCUT2D eigenvalue weighted by Gasteiger charge is 2.30. The lowest BCUT2D eigenvalue weighted by Gasteiger charge is -2.27. The first-order valence-electron chi connectivity index (χ1n) is 6.46. The topological polar surface area (TPSA) is 41.6 Å². The molecule has 0 aromatic carbocycles. The van der Waals surface area contributed by atoms with E-state index < -0.39 is 0 Å².